The summed E-state index contributed by atoms with van der Waals surface area (Å²) in [6.07, 6.45) is 0. The zero-order chi connectivity index (χ0) is 12.4. The number of hydrogen-bond acceptors (Lipinski definition) is 0. The van der Waals surface area contributed by atoms with E-state index >= 15 is 0 Å². The van der Waals surface area contributed by atoms with Crippen LogP contribution in [0.5, 0.6) is 0 Å². The van der Waals surface area contributed by atoms with Gasteiger partial charge in [-0.05, 0) is 0 Å². The Morgan fingerprint density at radius 3 is 2.22 bits per heavy atom. The number of halogens is 1. The van der Waals surface area contributed by atoms with Crippen LogP contribution in [0.2, 0.25) is 0 Å². The molecule has 0 bridgehead atoms. The van der Waals surface area contributed by atoms with Crippen LogP contribution < -0.4 is 8.92 Å². The number of benzene rings is 3. The van der Waals surface area contributed by atoms with E-state index in [0.29, 0.717) is 15.0 Å². The van der Waals surface area contributed by atoms with Crippen LogP contribution in [0.1, 0.15) is 0 Å². The molecule has 0 saturated carbocycles. The van der Waals surface area contributed by atoms with Crippen LogP contribution in [0.25, 0.3) is 10.8 Å². The molecule has 88 valence electrons. The predicted octanol–water partition coefficient (Wildman–Crippen LogP) is 3.26. The van der Waals surface area contributed by atoms with Crippen LogP contribution in [0.3, 0.4) is 0 Å². The summed E-state index contributed by atoms with van der Waals surface area (Å²) in [4.78, 5) is 0. The van der Waals surface area contributed by atoms with Crippen LogP contribution in [0.4, 0.5) is 0 Å². The normalized spacial score (nSPS) is 10.7. The Morgan fingerprint density at radius 2 is 1.44 bits per heavy atom. The summed E-state index contributed by atoms with van der Waals surface area (Å²) >= 11 is 4.02. The summed E-state index contributed by atoms with van der Waals surface area (Å²) in [5, 5.41) is 2.66. The fourth-order valence-corrected chi connectivity index (χ4v) is 5.00. The minimum atomic E-state index is 0.352. The van der Waals surface area contributed by atoms with Crippen molar-refractivity contribution in [1.82, 2.24) is 0 Å². The molecule has 0 spiro atoms. The van der Waals surface area contributed by atoms with Crippen molar-refractivity contribution in [1.29, 1.82) is 0 Å². The fraction of sp³-hybridized carbons (Fsp3) is 0. The number of hydrogen-bond donors (Lipinski definition) is 0. The van der Waals surface area contributed by atoms with Gasteiger partial charge in [0.05, 0.1) is 0 Å². The van der Waals surface area contributed by atoms with E-state index in [1.807, 2.05) is 0 Å². The number of rotatable bonds is 2. The average molecular weight is 362 g/mol. The molecule has 0 aliphatic heterocycles. The van der Waals surface area contributed by atoms with Crippen molar-refractivity contribution in [2.45, 2.75) is 0 Å². The molecule has 0 aliphatic rings. The molecule has 0 aliphatic carbocycles. The van der Waals surface area contributed by atoms with Crippen LogP contribution in [0, 0.1) is 0 Å². The Labute approximate surface area is 121 Å². The third-order valence-electron chi connectivity index (χ3n) is 2.79. The first kappa shape index (κ1) is 12.0. The quantitative estimate of drug-likeness (QED) is 0.614. The summed E-state index contributed by atoms with van der Waals surface area (Å²) in [6, 6.07) is 23.6. The maximum absolute atomic E-state index is 3.67. The SMILES string of the molecule is Brc1cccc2cccc([Se]c3ccccc3)c12. The molecule has 3 rings (SSSR count). The van der Waals surface area contributed by atoms with Crippen molar-refractivity contribution in [2.24, 2.45) is 0 Å². The van der Waals surface area contributed by atoms with Gasteiger partial charge in [-0.25, -0.2) is 0 Å². The fourth-order valence-electron chi connectivity index (χ4n) is 1.96. The predicted molar refractivity (Wildman–Crippen MR) is 83.1 cm³/mol. The molecule has 0 heterocycles. The Kier molecular flexibility index (Phi) is 3.51. The molecule has 18 heavy (non-hydrogen) atoms. The van der Waals surface area contributed by atoms with E-state index in [1.54, 1.807) is 0 Å². The topological polar surface area (TPSA) is 0 Å². The Balaban J connectivity index is 2.12. The van der Waals surface area contributed by atoms with Crippen molar-refractivity contribution in [3.63, 3.8) is 0 Å². The second-order valence-corrected chi connectivity index (χ2v) is 7.20. The van der Waals surface area contributed by atoms with E-state index in [1.165, 1.54) is 24.2 Å². The van der Waals surface area contributed by atoms with Crippen LogP contribution >= 0.6 is 15.9 Å². The summed E-state index contributed by atoms with van der Waals surface area (Å²) in [5.74, 6) is 0. The maximum atomic E-state index is 3.67. The molecule has 3 aromatic carbocycles. The van der Waals surface area contributed by atoms with E-state index in [-0.39, 0.29) is 0 Å². The molecule has 0 atom stereocenters. The molecule has 0 fully saturated rings. The zero-order valence-corrected chi connectivity index (χ0v) is 12.9. The van der Waals surface area contributed by atoms with Crippen LogP contribution in [0.15, 0.2) is 71.2 Å². The molecule has 2 heteroatoms. The Morgan fingerprint density at radius 1 is 0.722 bits per heavy atom. The monoisotopic (exact) mass is 362 g/mol. The molecule has 0 saturated heterocycles. The molecular formula is C16H11BrSe. The van der Waals surface area contributed by atoms with Gasteiger partial charge in [-0.1, -0.05) is 0 Å². The van der Waals surface area contributed by atoms with Gasteiger partial charge >= 0.3 is 122 Å². The van der Waals surface area contributed by atoms with Gasteiger partial charge in [0.25, 0.3) is 0 Å². The average Bonchev–Trinajstić information content (AvgIpc) is 2.40. The van der Waals surface area contributed by atoms with Gasteiger partial charge in [-0.2, -0.15) is 0 Å². The Bertz CT molecular complexity index is 672. The minimum absolute atomic E-state index is 0.352. The standard InChI is InChI=1S/C16H11BrSe/c17-14-10-4-6-12-7-5-11-15(16(12)14)18-13-8-2-1-3-9-13/h1-11H. The summed E-state index contributed by atoms with van der Waals surface area (Å²) in [5.41, 5.74) is 0. The zero-order valence-electron chi connectivity index (χ0n) is 9.64. The van der Waals surface area contributed by atoms with Crippen molar-refractivity contribution >= 4 is 50.6 Å². The van der Waals surface area contributed by atoms with Crippen molar-refractivity contribution in [3.8, 4) is 0 Å². The van der Waals surface area contributed by atoms with Crippen molar-refractivity contribution in [3.05, 3.63) is 71.2 Å². The van der Waals surface area contributed by atoms with E-state index in [0.717, 1.165) is 0 Å². The van der Waals surface area contributed by atoms with Gasteiger partial charge in [-0.15, -0.1) is 0 Å². The van der Waals surface area contributed by atoms with Gasteiger partial charge in [0.15, 0.2) is 0 Å². The second-order valence-electron chi connectivity index (χ2n) is 4.01. The van der Waals surface area contributed by atoms with E-state index in [9.17, 15) is 0 Å². The van der Waals surface area contributed by atoms with Gasteiger partial charge in [0.2, 0.25) is 0 Å². The van der Waals surface area contributed by atoms with Crippen LogP contribution in [-0.2, 0) is 0 Å². The first-order chi connectivity index (χ1) is 8.84. The summed E-state index contributed by atoms with van der Waals surface area (Å²) in [6.45, 7) is 0. The summed E-state index contributed by atoms with van der Waals surface area (Å²) in [7, 11) is 0. The van der Waals surface area contributed by atoms with Crippen molar-refractivity contribution in [2.75, 3.05) is 0 Å². The first-order valence-corrected chi connectivity index (χ1v) is 8.25. The van der Waals surface area contributed by atoms with Gasteiger partial charge < -0.3 is 0 Å². The Hall–Kier alpha value is -1.08. The molecule has 0 radical (unpaired) electrons. The van der Waals surface area contributed by atoms with Crippen molar-refractivity contribution < 1.29 is 0 Å². The number of fused-ring (bicyclic) bond motifs is 1. The van der Waals surface area contributed by atoms with E-state index < -0.39 is 0 Å². The first-order valence-electron chi connectivity index (χ1n) is 5.75. The molecule has 0 N–H and O–H groups in total. The van der Waals surface area contributed by atoms with Gasteiger partial charge in [0.1, 0.15) is 0 Å². The molecule has 0 nitrogen and oxygen atoms in total. The molecule has 0 amide bonds. The van der Waals surface area contributed by atoms with E-state index in [4.69, 9.17) is 0 Å². The molecule has 0 unspecified atom stereocenters. The van der Waals surface area contributed by atoms with E-state index in [2.05, 4.69) is 82.7 Å². The molecule has 0 aromatic heterocycles. The van der Waals surface area contributed by atoms with Gasteiger partial charge in [0, 0.05) is 0 Å². The third-order valence-corrected chi connectivity index (χ3v) is 5.69. The molecular weight excluding hydrogens is 351 g/mol. The second kappa shape index (κ2) is 5.27. The van der Waals surface area contributed by atoms with Crippen LogP contribution in [-0.4, -0.2) is 15.0 Å². The summed E-state index contributed by atoms with van der Waals surface area (Å²) < 4.78 is 4.03. The van der Waals surface area contributed by atoms with Gasteiger partial charge in [-0.3, -0.25) is 0 Å². The third kappa shape index (κ3) is 2.37. The molecule has 3 aromatic rings.